The molecule has 0 aromatic heterocycles. The van der Waals surface area contributed by atoms with Crippen LogP contribution in [0.3, 0.4) is 0 Å². The number of rotatable bonds is 6. The molecule has 1 unspecified atom stereocenters. The van der Waals surface area contributed by atoms with Crippen molar-refractivity contribution in [3.63, 3.8) is 0 Å². The van der Waals surface area contributed by atoms with Crippen LogP contribution in [0.4, 0.5) is 4.79 Å². The minimum atomic E-state index is -0.243. The molecule has 190 valence electrons. The van der Waals surface area contributed by atoms with Gasteiger partial charge < -0.3 is 15.0 Å². The SMILES string of the molecule is CC.COc1ccc(CCNC(=O)N2CC(N3CCCC3=O)C(c3ccc(C)cc3)=N2)cc1.CS. The summed E-state index contributed by atoms with van der Waals surface area (Å²) < 4.78 is 5.17. The molecule has 2 heterocycles. The van der Waals surface area contributed by atoms with Crippen LogP contribution in [-0.4, -0.2) is 66.6 Å². The Bertz CT molecular complexity index is 977. The van der Waals surface area contributed by atoms with Crippen LogP contribution in [0.1, 0.15) is 43.4 Å². The van der Waals surface area contributed by atoms with E-state index in [1.54, 1.807) is 13.4 Å². The summed E-state index contributed by atoms with van der Waals surface area (Å²) in [5, 5.41) is 9.03. The van der Waals surface area contributed by atoms with E-state index in [4.69, 9.17) is 4.74 Å². The smallest absolute Gasteiger partial charge is 0.337 e. The van der Waals surface area contributed by atoms with Gasteiger partial charge in [0.05, 0.1) is 25.4 Å². The summed E-state index contributed by atoms with van der Waals surface area (Å²) in [6, 6.07) is 15.4. The van der Waals surface area contributed by atoms with Gasteiger partial charge in [-0.15, -0.1) is 0 Å². The van der Waals surface area contributed by atoms with Crippen LogP contribution in [0, 0.1) is 6.92 Å². The predicted molar refractivity (Wildman–Crippen MR) is 146 cm³/mol. The van der Waals surface area contributed by atoms with Crippen LogP contribution in [0.2, 0.25) is 0 Å². The van der Waals surface area contributed by atoms with Crippen LogP contribution in [-0.2, 0) is 11.2 Å². The summed E-state index contributed by atoms with van der Waals surface area (Å²) in [4.78, 5) is 27.0. The number of methoxy groups -OCH3 is 1. The summed E-state index contributed by atoms with van der Waals surface area (Å²) in [7, 11) is 1.64. The first-order valence-electron chi connectivity index (χ1n) is 12.1. The summed E-state index contributed by atoms with van der Waals surface area (Å²) in [6.45, 7) is 7.62. The summed E-state index contributed by atoms with van der Waals surface area (Å²) in [5.41, 5.74) is 4.00. The van der Waals surface area contributed by atoms with Crippen molar-refractivity contribution in [3.05, 3.63) is 65.2 Å². The fourth-order valence-electron chi connectivity index (χ4n) is 4.03. The van der Waals surface area contributed by atoms with Crippen molar-refractivity contribution in [1.82, 2.24) is 15.2 Å². The Morgan fingerprint density at radius 1 is 1.11 bits per heavy atom. The molecule has 1 fully saturated rings. The number of amides is 3. The number of likely N-dealkylation sites (tertiary alicyclic amines) is 1. The second kappa shape index (κ2) is 14.4. The van der Waals surface area contributed by atoms with E-state index in [2.05, 4.69) is 23.0 Å². The van der Waals surface area contributed by atoms with Crippen molar-refractivity contribution < 1.29 is 14.3 Å². The molecule has 0 bridgehead atoms. The van der Waals surface area contributed by atoms with Crippen LogP contribution < -0.4 is 10.1 Å². The highest BCUT2D eigenvalue weighted by Crippen LogP contribution is 2.24. The summed E-state index contributed by atoms with van der Waals surface area (Å²) in [6.07, 6.45) is 3.82. The Morgan fingerprint density at radius 3 is 2.34 bits per heavy atom. The Morgan fingerprint density at radius 2 is 1.77 bits per heavy atom. The molecule has 2 aromatic carbocycles. The van der Waals surface area contributed by atoms with Crippen molar-refractivity contribution in [1.29, 1.82) is 0 Å². The van der Waals surface area contributed by atoms with Gasteiger partial charge >= 0.3 is 6.03 Å². The molecule has 0 radical (unpaired) electrons. The zero-order valence-corrected chi connectivity index (χ0v) is 22.3. The molecule has 0 aliphatic carbocycles. The number of hydrazone groups is 1. The van der Waals surface area contributed by atoms with Gasteiger partial charge in [-0.05, 0) is 49.3 Å². The summed E-state index contributed by atoms with van der Waals surface area (Å²) in [5.74, 6) is 0.942. The summed E-state index contributed by atoms with van der Waals surface area (Å²) >= 11 is 3.53. The third-order valence-electron chi connectivity index (χ3n) is 5.81. The monoisotopic (exact) mass is 498 g/mol. The molecule has 0 spiro atoms. The topological polar surface area (TPSA) is 74.2 Å². The number of nitrogens with zero attached hydrogens (tertiary/aromatic N) is 3. The van der Waals surface area contributed by atoms with Crippen LogP contribution in [0.5, 0.6) is 5.75 Å². The molecule has 7 nitrogen and oxygen atoms in total. The lowest BCUT2D eigenvalue weighted by atomic mass is 10.0. The van der Waals surface area contributed by atoms with E-state index in [0.717, 1.165) is 34.6 Å². The Balaban J connectivity index is 0.00000103. The fraction of sp³-hybridized carbons (Fsp3) is 0.444. The molecule has 2 aliphatic rings. The first kappa shape index (κ1) is 28.2. The molecule has 35 heavy (non-hydrogen) atoms. The average molecular weight is 499 g/mol. The number of carbonyl (C=O) groups excluding carboxylic acids is 2. The zero-order chi connectivity index (χ0) is 25.8. The minimum Gasteiger partial charge on any atom is -0.497 e. The van der Waals surface area contributed by atoms with Crippen molar-refractivity contribution in [2.24, 2.45) is 5.10 Å². The number of hydrogen-bond acceptors (Lipinski definition) is 5. The lowest BCUT2D eigenvalue weighted by Crippen LogP contribution is -2.46. The van der Waals surface area contributed by atoms with E-state index < -0.39 is 0 Å². The number of carbonyl (C=O) groups is 2. The van der Waals surface area contributed by atoms with Crippen molar-refractivity contribution in [2.75, 3.05) is 33.0 Å². The number of benzene rings is 2. The maximum Gasteiger partial charge on any atom is 0.337 e. The lowest BCUT2D eigenvalue weighted by Gasteiger charge is -2.25. The molecule has 2 aromatic rings. The fourth-order valence-corrected chi connectivity index (χ4v) is 4.03. The van der Waals surface area contributed by atoms with Gasteiger partial charge in [-0.2, -0.15) is 17.7 Å². The molecule has 0 saturated carbocycles. The molecule has 1 N–H and O–H groups in total. The quantitative estimate of drug-likeness (QED) is 0.575. The third kappa shape index (κ3) is 7.49. The number of thiol groups is 1. The van der Waals surface area contributed by atoms with E-state index in [1.165, 1.54) is 5.01 Å². The van der Waals surface area contributed by atoms with Crippen LogP contribution in [0.25, 0.3) is 0 Å². The van der Waals surface area contributed by atoms with Gasteiger partial charge in [-0.25, -0.2) is 9.80 Å². The number of aryl methyl sites for hydroxylation is 1. The van der Waals surface area contributed by atoms with Gasteiger partial charge in [-0.1, -0.05) is 55.8 Å². The van der Waals surface area contributed by atoms with E-state index in [-0.39, 0.29) is 18.0 Å². The first-order chi connectivity index (χ1) is 17.0. The second-order valence-corrected chi connectivity index (χ2v) is 7.97. The molecule has 2 aliphatic heterocycles. The molecule has 3 amide bonds. The number of nitrogens with one attached hydrogen (secondary N) is 1. The Labute approximate surface area is 214 Å². The molecule has 4 rings (SSSR count). The normalized spacial score (nSPS) is 16.6. The second-order valence-electron chi connectivity index (χ2n) is 7.97. The molecule has 8 heteroatoms. The number of ether oxygens (including phenoxy) is 1. The van der Waals surface area contributed by atoms with Crippen molar-refractivity contribution in [3.8, 4) is 5.75 Å². The van der Waals surface area contributed by atoms with Gasteiger partial charge in [0, 0.05) is 19.5 Å². The largest absolute Gasteiger partial charge is 0.497 e. The molecular weight excluding hydrogens is 460 g/mol. The van der Waals surface area contributed by atoms with E-state index in [9.17, 15) is 9.59 Å². The lowest BCUT2D eigenvalue weighted by molar-refractivity contribution is -0.128. The maximum absolute atomic E-state index is 12.8. The highest BCUT2D eigenvalue weighted by molar-refractivity contribution is 7.79. The standard InChI is InChI=1S/C24H28N4O3.C2H6.CH4S/c1-17-5-9-19(10-6-17)23-21(27-15-3-4-22(27)29)16-28(26-23)24(30)25-14-13-18-7-11-20(31-2)12-8-18;2*1-2/h5-12,21H,3-4,13-16H2,1-2H3,(H,25,30);1-2H3;2H,1H3. The third-order valence-corrected chi connectivity index (χ3v) is 5.81. The average Bonchev–Trinajstić information content (AvgIpc) is 3.53. The van der Waals surface area contributed by atoms with Crippen LogP contribution in [0.15, 0.2) is 53.6 Å². The van der Waals surface area contributed by atoms with Gasteiger partial charge in [0.25, 0.3) is 0 Å². The van der Waals surface area contributed by atoms with Gasteiger partial charge in [0.2, 0.25) is 5.91 Å². The molecular formula is C27H38N4O3S. The predicted octanol–water partition coefficient (Wildman–Crippen LogP) is 4.54. The highest BCUT2D eigenvalue weighted by Gasteiger charge is 2.38. The van der Waals surface area contributed by atoms with Gasteiger partial charge in [0.1, 0.15) is 5.75 Å². The molecule has 1 atom stereocenters. The van der Waals surface area contributed by atoms with Crippen LogP contribution >= 0.6 is 12.6 Å². The van der Waals surface area contributed by atoms with E-state index in [1.807, 2.05) is 74.2 Å². The van der Waals surface area contributed by atoms with Crippen molar-refractivity contribution >= 4 is 30.3 Å². The minimum absolute atomic E-state index is 0.131. The van der Waals surface area contributed by atoms with E-state index in [0.29, 0.717) is 32.5 Å². The van der Waals surface area contributed by atoms with E-state index >= 15 is 0 Å². The Kier molecular flexibility index (Phi) is 11.6. The van der Waals surface area contributed by atoms with Gasteiger partial charge in [-0.3, -0.25) is 4.79 Å². The molecule has 1 saturated heterocycles. The van der Waals surface area contributed by atoms with Crippen molar-refractivity contribution in [2.45, 2.75) is 46.1 Å². The number of urea groups is 1. The highest BCUT2D eigenvalue weighted by atomic mass is 32.1. The zero-order valence-electron chi connectivity index (χ0n) is 21.5. The van der Waals surface area contributed by atoms with Gasteiger partial charge in [0.15, 0.2) is 0 Å². The Hall–Kier alpha value is -3.00. The maximum atomic E-state index is 12.8. The first-order valence-corrected chi connectivity index (χ1v) is 13.0. The number of hydrogen-bond donors (Lipinski definition) is 2.